The average Bonchev–Trinajstić information content (AvgIpc) is 2.32. The lowest BCUT2D eigenvalue weighted by atomic mass is 9.69. The third-order valence-corrected chi connectivity index (χ3v) is 5.28. The van der Waals surface area contributed by atoms with Crippen LogP contribution in [-0.2, 0) is 0 Å². The molecule has 1 N–H and O–H groups in total. The van der Waals surface area contributed by atoms with Crippen molar-refractivity contribution in [1.82, 2.24) is 0 Å². The second kappa shape index (κ2) is 6.21. The van der Waals surface area contributed by atoms with Crippen LogP contribution in [0.15, 0.2) is 18.2 Å². The molecule has 1 aliphatic carbocycles. The van der Waals surface area contributed by atoms with Gasteiger partial charge < -0.3 is 5.32 Å². The van der Waals surface area contributed by atoms with Crippen LogP contribution in [0.1, 0.15) is 46.5 Å². The summed E-state index contributed by atoms with van der Waals surface area (Å²) in [7, 11) is 0. The van der Waals surface area contributed by atoms with Gasteiger partial charge in [0.15, 0.2) is 0 Å². The van der Waals surface area contributed by atoms with Crippen LogP contribution in [0.25, 0.3) is 0 Å². The molecule has 2 atom stereocenters. The van der Waals surface area contributed by atoms with Gasteiger partial charge in [0, 0.05) is 20.3 Å². The quantitative estimate of drug-likeness (QED) is 0.613. The molecule has 0 heterocycles. The fraction of sp³-hybridized carbons (Fsp3) is 0.625. The van der Waals surface area contributed by atoms with Crippen LogP contribution < -0.4 is 5.32 Å². The molecule has 1 aliphatic rings. The molecule has 0 saturated heterocycles. The molecule has 0 aliphatic heterocycles. The minimum absolute atomic E-state index is 0.371. The number of rotatable bonds is 2. The Hall–Kier alpha value is 0.0400. The highest BCUT2D eigenvalue weighted by Gasteiger charge is 2.34. The minimum atomic E-state index is 0.371. The molecule has 2 unspecified atom stereocenters. The summed E-state index contributed by atoms with van der Waals surface area (Å²) in [5, 5.41) is 4.58. The third-order valence-electron chi connectivity index (χ3n) is 4.15. The number of benzene rings is 1. The van der Waals surface area contributed by atoms with Crippen LogP contribution in [0, 0.1) is 14.9 Å². The fourth-order valence-corrected chi connectivity index (χ4v) is 4.17. The van der Waals surface area contributed by atoms with Crippen molar-refractivity contribution in [3.63, 3.8) is 0 Å². The monoisotopic (exact) mass is 391 g/mol. The largest absolute Gasteiger partial charge is 0.381 e. The second-order valence-corrected chi connectivity index (χ2v) is 8.23. The van der Waals surface area contributed by atoms with Crippen LogP contribution in [0.5, 0.6) is 0 Å². The summed E-state index contributed by atoms with van der Waals surface area (Å²) in [5.74, 6) is 0.743. The highest BCUT2D eigenvalue weighted by Crippen LogP contribution is 2.39. The van der Waals surface area contributed by atoms with Crippen molar-refractivity contribution < 1.29 is 0 Å². The van der Waals surface area contributed by atoms with E-state index in [2.05, 4.69) is 54.7 Å². The first kappa shape index (κ1) is 15.4. The molecule has 0 aromatic heterocycles. The Labute approximate surface area is 135 Å². The van der Waals surface area contributed by atoms with Crippen LogP contribution in [0.2, 0.25) is 5.02 Å². The summed E-state index contributed by atoms with van der Waals surface area (Å²) in [5.41, 5.74) is 1.60. The first-order valence-electron chi connectivity index (χ1n) is 7.09. The molecule has 0 bridgehead atoms. The lowest BCUT2D eigenvalue weighted by Crippen LogP contribution is -2.39. The van der Waals surface area contributed by atoms with Crippen molar-refractivity contribution in [2.24, 2.45) is 11.3 Å². The van der Waals surface area contributed by atoms with Crippen LogP contribution in [0.4, 0.5) is 5.69 Å². The van der Waals surface area contributed by atoms with Crippen molar-refractivity contribution >= 4 is 39.9 Å². The van der Waals surface area contributed by atoms with Gasteiger partial charge in [-0.25, -0.2) is 0 Å². The molecule has 0 radical (unpaired) electrons. The van der Waals surface area contributed by atoms with E-state index in [-0.39, 0.29) is 0 Å². The van der Waals surface area contributed by atoms with Crippen molar-refractivity contribution in [3.05, 3.63) is 26.8 Å². The van der Waals surface area contributed by atoms with E-state index in [0.29, 0.717) is 11.5 Å². The zero-order chi connectivity index (χ0) is 14.0. The summed E-state index contributed by atoms with van der Waals surface area (Å²) in [6.07, 6.45) is 5.33. The Balaban J connectivity index is 2.15. The van der Waals surface area contributed by atoms with Gasteiger partial charge in [-0.1, -0.05) is 45.2 Å². The fourth-order valence-electron chi connectivity index (χ4n) is 3.15. The molecule has 19 heavy (non-hydrogen) atoms. The molecule has 3 heteroatoms. The Kier molecular flexibility index (Phi) is 5.04. The SMILES string of the molecule is CC(C)(C)C1CCCCC1Nc1ccc(Cl)cc1I. The minimum Gasteiger partial charge on any atom is -0.381 e. The number of hydrogen-bond acceptors (Lipinski definition) is 1. The molecule has 2 rings (SSSR count). The Bertz CT molecular complexity index is 439. The van der Waals surface area contributed by atoms with Crippen LogP contribution >= 0.6 is 34.2 Å². The normalized spacial score (nSPS) is 24.3. The van der Waals surface area contributed by atoms with Gasteiger partial charge in [-0.3, -0.25) is 0 Å². The topological polar surface area (TPSA) is 12.0 Å². The van der Waals surface area contributed by atoms with E-state index in [9.17, 15) is 0 Å². The van der Waals surface area contributed by atoms with E-state index in [1.165, 1.54) is 34.9 Å². The lowest BCUT2D eigenvalue weighted by molar-refractivity contribution is 0.163. The van der Waals surface area contributed by atoms with Gasteiger partial charge in [-0.05, 0) is 65.0 Å². The first-order chi connectivity index (χ1) is 8.88. The number of anilines is 1. The van der Waals surface area contributed by atoms with E-state index in [0.717, 1.165) is 10.9 Å². The van der Waals surface area contributed by atoms with E-state index in [4.69, 9.17) is 11.6 Å². The smallest absolute Gasteiger partial charge is 0.0479 e. The number of hydrogen-bond donors (Lipinski definition) is 1. The van der Waals surface area contributed by atoms with E-state index >= 15 is 0 Å². The van der Waals surface area contributed by atoms with Crippen LogP contribution in [0.3, 0.4) is 0 Å². The highest BCUT2D eigenvalue weighted by molar-refractivity contribution is 14.1. The van der Waals surface area contributed by atoms with E-state index in [1.54, 1.807) is 0 Å². The number of nitrogens with one attached hydrogen (secondary N) is 1. The molecule has 1 aromatic carbocycles. The predicted octanol–water partition coefficient (Wildman–Crippen LogP) is 5.96. The summed E-state index contributed by atoms with van der Waals surface area (Å²) < 4.78 is 1.21. The molecule has 1 fully saturated rings. The van der Waals surface area contributed by atoms with Gasteiger partial charge in [-0.15, -0.1) is 0 Å². The Morgan fingerprint density at radius 3 is 2.53 bits per heavy atom. The Morgan fingerprint density at radius 1 is 1.21 bits per heavy atom. The molecule has 1 nitrogen and oxygen atoms in total. The summed E-state index contributed by atoms with van der Waals surface area (Å²) in [6.45, 7) is 7.10. The molecule has 1 saturated carbocycles. The summed E-state index contributed by atoms with van der Waals surface area (Å²) in [4.78, 5) is 0. The van der Waals surface area contributed by atoms with E-state index in [1.807, 2.05) is 12.1 Å². The van der Waals surface area contributed by atoms with Crippen molar-refractivity contribution in [2.75, 3.05) is 5.32 Å². The third kappa shape index (κ3) is 4.01. The van der Waals surface area contributed by atoms with Gasteiger partial charge in [0.2, 0.25) is 0 Å². The molecule has 0 spiro atoms. The van der Waals surface area contributed by atoms with Crippen molar-refractivity contribution in [1.29, 1.82) is 0 Å². The zero-order valence-corrected chi connectivity index (χ0v) is 14.9. The highest BCUT2D eigenvalue weighted by atomic mass is 127. The molecule has 106 valence electrons. The molecule has 1 aromatic rings. The second-order valence-electron chi connectivity index (χ2n) is 6.63. The maximum Gasteiger partial charge on any atom is 0.0479 e. The predicted molar refractivity (Wildman–Crippen MR) is 93.0 cm³/mol. The van der Waals surface area contributed by atoms with Crippen molar-refractivity contribution in [3.8, 4) is 0 Å². The average molecular weight is 392 g/mol. The standard InChI is InChI=1S/C16H23ClIN/c1-16(2,3)12-6-4-5-7-14(12)19-15-9-8-11(17)10-13(15)18/h8-10,12,14,19H,4-7H2,1-3H3. The zero-order valence-electron chi connectivity index (χ0n) is 12.0. The molecule has 0 amide bonds. The van der Waals surface area contributed by atoms with Gasteiger partial charge in [0.05, 0.1) is 0 Å². The molecular formula is C16H23ClIN. The first-order valence-corrected chi connectivity index (χ1v) is 8.55. The van der Waals surface area contributed by atoms with Gasteiger partial charge >= 0.3 is 0 Å². The summed E-state index contributed by atoms with van der Waals surface area (Å²) >= 11 is 8.39. The summed E-state index contributed by atoms with van der Waals surface area (Å²) in [6, 6.07) is 6.70. The van der Waals surface area contributed by atoms with Gasteiger partial charge in [-0.2, -0.15) is 0 Å². The van der Waals surface area contributed by atoms with Crippen LogP contribution in [-0.4, -0.2) is 6.04 Å². The van der Waals surface area contributed by atoms with Crippen molar-refractivity contribution in [2.45, 2.75) is 52.5 Å². The lowest BCUT2D eigenvalue weighted by Gasteiger charge is -2.41. The maximum atomic E-state index is 6.03. The van der Waals surface area contributed by atoms with Gasteiger partial charge in [0.25, 0.3) is 0 Å². The molecular weight excluding hydrogens is 369 g/mol. The maximum absolute atomic E-state index is 6.03. The van der Waals surface area contributed by atoms with E-state index < -0.39 is 0 Å². The van der Waals surface area contributed by atoms with Gasteiger partial charge in [0.1, 0.15) is 0 Å². The Morgan fingerprint density at radius 2 is 1.89 bits per heavy atom. The number of halogens is 2.